The number of fused-ring (bicyclic) bond motifs is 2. The van der Waals surface area contributed by atoms with Crippen LogP contribution in [-0.4, -0.2) is 38.2 Å². The maximum Gasteiger partial charge on any atom is 0.231 e. The highest BCUT2D eigenvalue weighted by molar-refractivity contribution is 6.35. The van der Waals surface area contributed by atoms with Crippen LogP contribution in [0.4, 0.5) is 0 Å². The molecule has 2 aliphatic heterocycles. The number of ketones is 2. The fourth-order valence-corrected chi connectivity index (χ4v) is 4.77. The first kappa shape index (κ1) is 19.8. The third-order valence-corrected chi connectivity index (χ3v) is 6.37. The fourth-order valence-electron chi connectivity index (χ4n) is 4.50. The number of Topliss-reactive ketones (excluding diaryl/α,β-unsaturated/α-hetero) is 1. The molecule has 0 amide bonds. The zero-order valence-electron chi connectivity index (χ0n) is 17.1. The summed E-state index contributed by atoms with van der Waals surface area (Å²) in [6.07, 6.45) is 1.63. The van der Waals surface area contributed by atoms with Crippen LogP contribution >= 0.6 is 11.6 Å². The van der Waals surface area contributed by atoms with Gasteiger partial charge < -0.3 is 23.7 Å². The molecule has 0 N–H and O–H groups in total. The molecule has 1 spiro atoms. The van der Waals surface area contributed by atoms with Gasteiger partial charge >= 0.3 is 0 Å². The van der Waals surface area contributed by atoms with Crippen molar-refractivity contribution in [1.82, 2.24) is 0 Å². The van der Waals surface area contributed by atoms with Gasteiger partial charge in [0.25, 0.3) is 0 Å². The van der Waals surface area contributed by atoms with Gasteiger partial charge in [0.1, 0.15) is 22.1 Å². The summed E-state index contributed by atoms with van der Waals surface area (Å²) in [5.74, 6) is 1.11. The Bertz CT molecular complexity index is 1170. The first-order valence-corrected chi connectivity index (χ1v) is 10.1. The Morgan fingerprint density at radius 2 is 1.81 bits per heavy atom. The number of carbonyl (C=O) groups excluding carboxylic acids is 2. The molecule has 2 heterocycles. The quantitative estimate of drug-likeness (QED) is 0.708. The Balaban J connectivity index is 1.72. The maximum absolute atomic E-state index is 13.9. The van der Waals surface area contributed by atoms with E-state index in [9.17, 15) is 9.59 Å². The molecule has 31 heavy (non-hydrogen) atoms. The van der Waals surface area contributed by atoms with Crippen LogP contribution in [0.1, 0.15) is 29.3 Å². The lowest BCUT2D eigenvalue weighted by atomic mass is 9.69. The number of hydrogen-bond donors (Lipinski definition) is 0. The third-order valence-electron chi connectivity index (χ3n) is 6.01. The standard InChI is InChI=1S/C23H19ClO7/c1-11-6-13(25)8-14(12-4-5-15-16(7-12)30-10-29-15)23(11)22(26)19-17(27-2)9-18(28-3)20(24)21(19)31-23/h4-5,7-9,11H,6,10H2,1-3H3/t11-,23+/m1/s1. The predicted octanol–water partition coefficient (Wildman–Crippen LogP) is 4.09. The number of halogens is 1. The molecule has 7 nitrogen and oxygen atoms in total. The summed E-state index contributed by atoms with van der Waals surface area (Å²) in [7, 11) is 2.93. The monoisotopic (exact) mass is 442 g/mol. The number of rotatable bonds is 3. The maximum atomic E-state index is 13.9. The SMILES string of the molecule is COc1cc(OC)c2c(c1Cl)O[C@]1(C2=O)C(c2ccc3c(c2)OCO3)=CC(=O)C[C@H]1C. The molecule has 8 heteroatoms. The van der Waals surface area contributed by atoms with Gasteiger partial charge in [0, 0.05) is 24.0 Å². The van der Waals surface area contributed by atoms with E-state index in [0.717, 1.165) is 0 Å². The van der Waals surface area contributed by atoms with E-state index < -0.39 is 11.5 Å². The molecule has 2 aromatic carbocycles. The molecule has 2 aromatic rings. The highest BCUT2D eigenvalue weighted by Crippen LogP contribution is 2.56. The van der Waals surface area contributed by atoms with Crippen molar-refractivity contribution in [2.45, 2.75) is 18.9 Å². The molecule has 0 saturated heterocycles. The van der Waals surface area contributed by atoms with Crippen LogP contribution in [0.3, 0.4) is 0 Å². The summed E-state index contributed by atoms with van der Waals surface area (Å²) in [5.41, 5.74) is -0.117. The van der Waals surface area contributed by atoms with E-state index in [1.54, 1.807) is 24.3 Å². The van der Waals surface area contributed by atoms with E-state index >= 15 is 0 Å². The second-order valence-electron chi connectivity index (χ2n) is 7.66. The Kier molecular flexibility index (Phi) is 4.41. The molecule has 160 valence electrons. The van der Waals surface area contributed by atoms with E-state index in [4.69, 9.17) is 35.3 Å². The zero-order valence-corrected chi connectivity index (χ0v) is 17.9. The van der Waals surface area contributed by atoms with Gasteiger partial charge in [0.05, 0.1) is 14.2 Å². The normalized spacial score (nSPS) is 23.5. The Hall–Kier alpha value is -3.19. The summed E-state index contributed by atoms with van der Waals surface area (Å²) in [6.45, 7) is 1.94. The summed E-state index contributed by atoms with van der Waals surface area (Å²) in [5, 5.41) is 0.178. The van der Waals surface area contributed by atoms with E-state index in [1.807, 2.05) is 6.92 Å². The molecule has 2 atom stereocenters. The molecule has 0 saturated carbocycles. The second kappa shape index (κ2) is 6.92. The summed E-state index contributed by atoms with van der Waals surface area (Å²) in [4.78, 5) is 26.5. The summed E-state index contributed by atoms with van der Waals surface area (Å²) < 4.78 is 28.0. The van der Waals surface area contributed by atoms with Crippen molar-refractivity contribution in [2.24, 2.45) is 5.92 Å². The minimum atomic E-state index is -1.44. The smallest absolute Gasteiger partial charge is 0.231 e. The lowest BCUT2D eigenvalue weighted by Gasteiger charge is -2.38. The van der Waals surface area contributed by atoms with Crippen LogP contribution in [0.2, 0.25) is 5.02 Å². The second-order valence-corrected chi connectivity index (χ2v) is 8.04. The molecule has 0 bridgehead atoms. The number of benzene rings is 2. The van der Waals surface area contributed by atoms with Gasteiger partial charge in [-0.05, 0) is 23.8 Å². The van der Waals surface area contributed by atoms with Crippen molar-refractivity contribution < 1.29 is 33.3 Å². The van der Waals surface area contributed by atoms with Crippen LogP contribution in [0, 0.1) is 5.92 Å². The Morgan fingerprint density at radius 1 is 1.06 bits per heavy atom. The number of carbonyl (C=O) groups is 2. The van der Waals surface area contributed by atoms with Crippen LogP contribution in [-0.2, 0) is 4.79 Å². The van der Waals surface area contributed by atoms with Crippen LogP contribution in [0.15, 0.2) is 30.3 Å². The van der Waals surface area contributed by atoms with Gasteiger partial charge in [-0.25, -0.2) is 0 Å². The van der Waals surface area contributed by atoms with E-state index in [0.29, 0.717) is 34.1 Å². The largest absolute Gasteiger partial charge is 0.496 e. The van der Waals surface area contributed by atoms with Crippen molar-refractivity contribution >= 4 is 28.7 Å². The molecule has 3 aliphatic rings. The average Bonchev–Trinajstić information content (AvgIpc) is 3.35. The number of hydrogen-bond acceptors (Lipinski definition) is 7. The summed E-state index contributed by atoms with van der Waals surface area (Å²) in [6, 6.07) is 6.84. The molecule has 0 unspecified atom stereocenters. The van der Waals surface area contributed by atoms with Gasteiger partial charge in [0.15, 0.2) is 23.0 Å². The molecule has 0 aromatic heterocycles. The number of allylic oxidation sites excluding steroid dienone is 1. The highest BCUT2D eigenvalue weighted by atomic mass is 35.5. The zero-order chi connectivity index (χ0) is 21.9. The first-order chi connectivity index (χ1) is 14.9. The van der Waals surface area contributed by atoms with Gasteiger partial charge in [-0.1, -0.05) is 24.6 Å². The minimum absolute atomic E-state index is 0.0891. The molecular formula is C23H19ClO7. The average molecular weight is 443 g/mol. The lowest BCUT2D eigenvalue weighted by molar-refractivity contribution is -0.116. The van der Waals surface area contributed by atoms with Gasteiger partial charge in [-0.3, -0.25) is 9.59 Å². The van der Waals surface area contributed by atoms with Gasteiger partial charge in [-0.15, -0.1) is 0 Å². The third kappa shape index (κ3) is 2.66. The summed E-state index contributed by atoms with van der Waals surface area (Å²) >= 11 is 6.52. The van der Waals surface area contributed by atoms with Gasteiger partial charge in [0.2, 0.25) is 18.2 Å². The van der Waals surface area contributed by atoms with Crippen LogP contribution in [0.25, 0.3) is 5.57 Å². The molecule has 5 rings (SSSR count). The number of methoxy groups -OCH3 is 2. The van der Waals surface area contributed by atoms with E-state index in [-0.39, 0.29) is 41.1 Å². The van der Waals surface area contributed by atoms with Crippen LogP contribution < -0.4 is 23.7 Å². The van der Waals surface area contributed by atoms with Crippen LogP contribution in [0.5, 0.6) is 28.7 Å². The Morgan fingerprint density at radius 3 is 2.55 bits per heavy atom. The van der Waals surface area contributed by atoms with Crippen molar-refractivity contribution in [3.05, 3.63) is 46.5 Å². The molecule has 1 aliphatic carbocycles. The highest BCUT2D eigenvalue weighted by Gasteiger charge is 2.59. The minimum Gasteiger partial charge on any atom is -0.496 e. The topological polar surface area (TPSA) is 80.3 Å². The molecular weight excluding hydrogens is 424 g/mol. The number of ether oxygens (including phenoxy) is 5. The molecule has 0 fully saturated rings. The molecule has 0 radical (unpaired) electrons. The Labute approximate surface area is 183 Å². The van der Waals surface area contributed by atoms with Crippen molar-refractivity contribution in [2.75, 3.05) is 21.0 Å². The van der Waals surface area contributed by atoms with E-state index in [2.05, 4.69) is 0 Å². The lowest BCUT2D eigenvalue weighted by Crippen LogP contribution is -2.50. The first-order valence-electron chi connectivity index (χ1n) is 9.74. The predicted molar refractivity (Wildman–Crippen MR) is 112 cm³/mol. The van der Waals surface area contributed by atoms with Crippen molar-refractivity contribution in [3.8, 4) is 28.7 Å². The van der Waals surface area contributed by atoms with Crippen molar-refractivity contribution in [1.29, 1.82) is 0 Å². The van der Waals surface area contributed by atoms with Crippen molar-refractivity contribution in [3.63, 3.8) is 0 Å². The fraction of sp³-hybridized carbons (Fsp3) is 0.304. The van der Waals surface area contributed by atoms with Gasteiger partial charge in [-0.2, -0.15) is 0 Å². The van der Waals surface area contributed by atoms with E-state index in [1.165, 1.54) is 20.3 Å².